The first kappa shape index (κ1) is 15.3. The average Bonchev–Trinajstić information content (AvgIpc) is 2.73. The molecule has 0 aliphatic heterocycles. The number of aryl methyl sites for hydroxylation is 2. The first-order valence-electron chi connectivity index (χ1n) is 6.90. The Kier molecular flexibility index (Phi) is 4.75. The number of thiocarbonyl (C=S) groups is 1. The highest BCUT2D eigenvalue weighted by atomic mass is 32.1. The lowest BCUT2D eigenvalue weighted by Gasteiger charge is -2.13. The molecule has 1 heterocycles. The van der Waals surface area contributed by atoms with Gasteiger partial charge in [-0.1, -0.05) is 25.1 Å². The van der Waals surface area contributed by atoms with Gasteiger partial charge >= 0.3 is 0 Å². The molecule has 0 fully saturated rings. The minimum absolute atomic E-state index is 0.163. The van der Waals surface area contributed by atoms with E-state index in [0.717, 1.165) is 17.7 Å². The molecule has 2 rings (SSSR count). The van der Waals surface area contributed by atoms with Gasteiger partial charge in [0.15, 0.2) is 5.11 Å². The number of benzene rings is 1. The monoisotopic (exact) mass is 300 g/mol. The van der Waals surface area contributed by atoms with Gasteiger partial charge < -0.3 is 10.3 Å². The van der Waals surface area contributed by atoms with Crippen LogP contribution in [0.3, 0.4) is 0 Å². The van der Waals surface area contributed by atoms with Crippen molar-refractivity contribution >= 4 is 23.5 Å². The summed E-state index contributed by atoms with van der Waals surface area (Å²) in [6.07, 6.45) is 2.74. The topological polar surface area (TPSA) is 55.3 Å². The Bertz CT molecular complexity index is 686. The summed E-state index contributed by atoms with van der Waals surface area (Å²) in [5, 5.41) is 4.20. The first-order valence-corrected chi connectivity index (χ1v) is 7.31. The number of rotatable bonds is 4. The number of hydrazone groups is 1. The van der Waals surface area contributed by atoms with Gasteiger partial charge in [-0.2, -0.15) is 5.10 Å². The van der Waals surface area contributed by atoms with E-state index in [1.807, 2.05) is 0 Å². The summed E-state index contributed by atoms with van der Waals surface area (Å²) in [4.78, 5) is 0. The summed E-state index contributed by atoms with van der Waals surface area (Å²) in [6, 6.07) is 10.6. The van der Waals surface area contributed by atoms with Crippen LogP contribution in [0.15, 0.2) is 35.4 Å². The molecule has 0 unspecified atom stereocenters. The molecule has 1 aromatic heterocycles. The number of para-hydroxylation sites is 1. The Morgan fingerprint density at radius 3 is 2.76 bits per heavy atom. The molecule has 2 aromatic rings. The quantitative estimate of drug-likeness (QED) is 0.518. The van der Waals surface area contributed by atoms with E-state index in [-0.39, 0.29) is 5.11 Å². The molecule has 0 amide bonds. The molecule has 0 aliphatic rings. The molecule has 0 radical (unpaired) electrons. The van der Waals surface area contributed by atoms with Crippen molar-refractivity contribution in [3.63, 3.8) is 0 Å². The van der Waals surface area contributed by atoms with E-state index in [2.05, 4.69) is 66.2 Å². The van der Waals surface area contributed by atoms with Crippen molar-refractivity contribution in [2.24, 2.45) is 10.8 Å². The maximum absolute atomic E-state index is 5.36. The van der Waals surface area contributed by atoms with Gasteiger partial charge in [-0.15, -0.1) is 0 Å². The second-order valence-electron chi connectivity index (χ2n) is 4.88. The van der Waals surface area contributed by atoms with Crippen LogP contribution in [0.1, 0.15) is 29.4 Å². The predicted molar refractivity (Wildman–Crippen MR) is 92.1 cm³/mol. The third-order valence-corrected chi connectivity index (χ3v) is 3.55. The van der Waals surface area contributed by atoms with Crippen LogP contribution in [0.25, 0.3) is 5.69 Å². The fourth-order valence-electron chi connectivity index (χ4n) is 2.48. The van der Waals surface area contributed by atoms with E-state index in [1.165, 1.54) is 16.9 Å². The third kappa shape index (κ3) is 3.31. The Hall–Kier alpha value is -2.14. The molecular formula is C16H20N4S. The third-order valence-electron chi connectivity index (χ3n) is 3.46. The zero-order valence-electron chi connectivity index (χ0n) is 12.6. The predicted octanol–water partition coefficient (Wildman–Crippen LogP) is 2.82. The molecule has 5 heteroatoms. The second kappa shape index (κ2) is 6.54. The van der Waals surface area contributed by atoms with Gasteiger partial charge in [0.2, 0.25) is 0 Å². The van der Waals surface area contributed by atoms with E-state index in [0.29, 0.717) is 0 Å². The van der Waals surface area contributed by atoms with E-state index in [9.17, 15) is 0 Å². The van der Waals surface area contributed by atoms with Crippen molar-refractivity contribution in [3.05, 3.63) is 52.8 Å². The van der Waals surface area contributed by atoms with Gasteiger partial charge in [0.05, 0.1) is 6.21 Å². The van der Waals surface area contributed by atoms with Gasteiger partial charge in [0, 0.05) is 22.6 Å². The molecule has 1 aromatic carbocycles. The lowest BCUT2D eigenvalue weighted by atomic mass is 10.1. The van der Waals surface area contributed by atoms with Crippen molar-refractivity contribution in [1.29, 1.82) is 0 Å². The summed E-state index contributed by atoms with van der Waals surface area (Å²) in [5.41, 5.74) is 13.8. The molecule has 110 valence electrons. The van der Waals surface area contributed by atoms with Crippen molar-refractivity contribution in [2.75, 3.05) is 0 Å². The minimum atomic E-state index is 0.163. The minimum Gasteiger partial charge on any atom is -0.375 e. The standard InChI is InChI=1S/C16H20N4S/c1-4-13-7-5-6-8-15(13)20-11(2)9-14(12(20)3)10-18-19-16(17)21/h5-10H,4H2,1-3H3,(H3,17,19,21)/b18-10-. The second-order valence-corrected chi connectivity index (χ2v) is 5.32. The largest absolute Gasteiger partial charge is 0.375 e. The SMILES string of the molecule is CCc1ccccc1-n1c(C)cc(/C=N\NC(N)=S)c1C. The molecule has 0 saturated heterocycles. The van der Waals surface area contributed by atoms with Gasteiger partial charge in [0.25, 0.3) is 0 Å². The summed E-state index contributed by atoms with van der Waals surface area (Å²) in [7, 11) is 0. The highest BCUT2D eigenvalue weighted by Crippen LogP contribution is 2.23. The van der Waals surface area contributed by atoms with E-state index >= 15 is 0 Å². The summed E-state index contributed by atoms with van der Waals surface area (Å²) in [6.45, 7) is 6.35. The lowest BCUT2D eigenvalue weighted by molar-refractivity contribution is 0.936. The molecule has 0 atom stereocenters. The number of aromatic nitrogens is 1. The van der Waals surface area contributed by atoms with Gasteiger partial charge in [-0.05, 0) is 50.2 Å². The van der Waals surface area contributed by atoms with Crippen LogP contribution in [0.4, 0.5) is 0 Å². The Labute approximate surface area is 130 Å². The average molecular weight is 300 g/mol. The Balaban J connectivity index is 2.44. The first-order chi connectivity index (χ1) is 10.0. The van der Waals surface area contributed by atoms with Crippen molar-refractivity contribution in [1.82, 2.24) is 9.99 Å². The molecule has 0 spiro atoms. The highest BCUT2D eigenvalue weighted by Gasteiger charge is 2.11. The zero-order valence-corrected chi connectivity index (χ0v) is 13.4. The lowest BCUT2D eigenvalue weighted by Crippen LogP contribution is -2.24. The van der Waals surface area contributed by atoms with Crippen LogP contribution in [0.2, 0.25) is 0 Å². The molecule has 0 saturated carbocycles. The molecule has 0 bridgehead atoms. The number of nitrogens with one attached hydrogen (secondary N) is 1. The van der Waals surface area contributed by atoms with Gasteiger partial charge in [-0.25, -0.2) is 0 Å². The maximum atomic E-state index is 5.36. The van der Waals surface area contributed by atoms with E-state index < -0.39 is 0 Å². The zero-order chi connectivity index (χ0) is 15.4. The Morgan fingerprint density at radius 2 is 2.10 bits per heavy atom. The fraction of sp³-hybridized carbons (Fsp3) is 0.250. The van der Waals surface area contributed by atoms with Crippen LogP contribution < -0.4 is 11.2 Å². The van der Waals surface area contributed by atoms with Crippen LogP contribution in [-0.2, 0) is 6.42 Å². The van der Waals surface area contributed by atoms with Gasteiger partial charge in [-0.3, -0.25) is 5.43 Å². The van der Waals surface area contributed by atoms with Crippen LogP contribution in [-0.4, -0.2) is 15.9 Å². The highest BCUT2D eigenvalue weighted by molar-refractivity contribution is 7.80. The normalized spacial score (nSPS) is 11.0. The molecule has 21 heavy (non-hydrogen) atoms. The Morgan fingerprint density at radius 1 is 1.38 bits per heavy atom. The van der Waals surface area contributed by atoms with Gasteiger partial charge in [0.1, 0.15) is 0 Å². The summed E-state index contributed by atoms with van der Waals surface area (Å²) < 4.78 is 2.25. The van der Waals surface area contributed by atoms with Crippen LogP contribution >= 0.6 is 12.2 Å². The van der Waals surface area contributed by atoms with Crippen molar-refractivity contribution in [2.45, 2.75) is 27.2 Å². The number of nitrogens with two attached hydrogens (primary N) is 1. The molecule has 0 aliphatic carbocycles. The van der Waals surface area contributed by atoms with Crippen molar-refractivity contribution in [3.8, 4) is 5.69 Å². The molecule has 3 N–H and O–H groups in total. The van der Waals surface area contributed by atoms with E-state index in [4.69, 9.17) is 18.0 Å². The van der Waals surface area contributed by atoms with E-state index in [1.54, 1.807) is 6.21 Å². The smallest absolute Gasteiger partial charge is 0.184 e. The van der Waals surface area contributed by atoms with Crippen molar-refractivity contribution < 1.29 is 0 Å². The molecule has 4 nitrogen and oxygen atoms in total. The maximum Gasteiger partial charge on any atom is 0.184 e. The summed E-state index contributed by atoms with van der Waals surface area (Å²) in [5.74, 6) is 0. The van der Waals surface area contributed by atoms with Crippen LogP contribution in [0, 0.1) is 13.8 Å². The number of hydrogen-bond donors (Lipinski definition) is 2. The molecular weight excluding hydrogens is 280 g/mol. The van der Waals surface area contributed by atoms with Crippen LogP contribution in [0.5, 0.6) is 0 Å². The fourth-order valence-corrected chi connectivity index (χ4v) is 2.54. The number of hydrogen-bond acceptors (Lipinski definition) is 2. The number of nitrogens with zero attached hydrogens (tertiary/aromatic N) is 2. The summed E-state index contributed by atoms with van der Waals surface area (Å²) >= 11 is 4.73.